The Morgan fingerprint density at radius 1 is 1.12 bits per heavy atom. The van der Waals surface area contributed by atoms with Gasteiger partial charge in [0, 0.05) is 37.4 Å². The number of amides is 1. The van der Waals surface area contributed by atoms with Gasteiger partial charge >= 0.3 is 5.97 Å². The number of aliphatic hydroxyl groups excluding tert-OH is 2. The highest BCUT2D eigenvalue weighted by Gasteiger charge is 2.29. The van der Waals surface area contributed by atoms with Crippen LogP contribution in [0.15, 0.2) is 24.3 Å². The highest BCUT2D eigenvalue weighted by atomic mass is 19.1. The van der Waals surface area contributed by atoms with Crippen molar-refractivity contribution in [1.29, 1.82) is 0 Å². The van der Waals surface area contributed by atoms with Gasteiger partial charge in [-0.2, -0.15) is 5.10 Å². The third-order valence-corrected chi connectivity index (χ3v) is 5.95. The van der Waals surface area contributed by atoms with Gasteiger partial charge in [0.05, 0.1) is 24.3 Å². The number of carbonyl (C=O) groups excluding carboxylic acids is 1. The summed E-state index contributed by atoms with van der Waals surface area (Å²) in [6.07, 6.45) is -2.01. The van der Waals surface area contributed by atoms with E-state index < -0.39 is 24.6 Å². The second-order valence-corrected chi connectivity index (χ2v) is 8.97. The zero-order valence-electron chi connectivity index (χ0n) is 19.6. The monoisotopic (exact) mass is 476 g/mol. The van der Waals surface area contributed by atoms with E-state index in [0.29, 0.717) is 44.0 Å². The Bertz CT molecular complexity index is 986. The normalized spacial score (nSPS) is 16.0. The smallest absolute Gasteiger partial charge is 0.305 e. The Kier molecular flexibility index (Phi) is 8.76. The minimum Gasteiger partial charge on any atom is -0.481 e. The van der Waals surface area contributed by atoms with E-state index in [1.807, 2.05) is 13.8 Å². The molecule has 34 heavy (non-hydrogen) atoms. The molecule has 2 heterocycles. The lowest BCUT2D eigenvalue weighted by Gasteiger charge is -2.27. The molecule has 3 rings (SSSR count). The minimum absolute atomic E-state index is 0.0409. The van der Waals surface area contributed by atoms with Crippen LogP contribution in [-0.4, -0.2) is 80.3 Å². The third-order valence-electron chi connectivity index (χ3n) is 5.95. The molecule has 1 amide bonds. The van der Waals surface area contributed by atoms with Crippen molar-refractivity contribution >= 4 is 11.9 Å². The SMILES string of the molecule is CC(C)c1c(C(=O)N2CCNCC2)nn(-c2ccc(F)cc2)c1CC[C@@H](O)C[C@@H](O)CC(=O)O. The molecule has 1 aliphatic heterocycles. The van der Waals surface area contributed by atoms with E-state index in [4.69, 9.17) is 5.11 Å². The number of hydrogen-bond acceptors (Lipinski definition) is 6. The zero-order chi connectivity index (χ0) is 24.8. The molecule has 1 aromatic carbocycles. The number of aliphatic carboxylic acids is 1. The molecular formula is C24H33FN4O5. The highest BCUT2D eigenvalue weighted by Crippen LogP contribution is 2.29. The summed E-state index contributed by atoms with van der Waals surface area (Å²) in [4.78, 5) is 25.9. The number of aromatic nitrogens is 2. The molecular weight excluding hydrogens is 443 g/mol. The molecule has 10 heteroatoms. The van der Waals surface area contributed by atoms with Crippen molar-refractivity contribution in [2.45, 2.75) is 57.7 Å². The maximum absolute atomic E-state index is 13.6. The predicted octanol–water partition coefficient (Wildman–Crippen LogP) is 1.70. The average Bonchev–Trinajstić information content (AvgIpc) is 3.17. The van der Waals surface area contributed by atoms with Gasteiger partial charge in [0.1, 0.15) is 5.82 Å². The number of hydrogen-bond donors (Lipinski definition) is 4. The molecule has 9 nitrogen and oxygen atoms in total. The van der Waals surface area contributed by atoms with Crippen LogP contribution in [0.25, 0.3) is 5.69 Å². The van der Waals surface area contributed by atoms with E-state index >= 15 is 0 Å². The van der Waals surface area contributed by atoms with Crippen LogP contribution >= 0.6 is 0 Å². The number of carboxylic acids is 1. The standard InChI is InChI=1S/C24H33FN4O5/c1-15(2)22-20(8-7-18(30)13-19(31)14-21(32)33)29(17-5-3-16(25)4-6-17)27-23(22)24(34)28-11-9-26-10-12-28/h3-6,15,18-19,26,30-31H,7-14H2,1-2H3,(H,32,33)/t18-,19-/m1/s1. The maximum Gasteiger partial charge on any atom is 0.305 e. The molecule has 1 fully saturated rings. The van der Waals surface area contributed by atoms with Crippen molar-refractivity contribution in [2.24, 2.45) is 0 Å². The van der Waals surface area contributed by atoms with Gasteiger partial charge in [0.2, 0.25) is 0 Å². The number of aliphatic hydroxyl groups is 2. The third kappa shape index (κ3) is 6.40. The van der Waals surface area contributed by atoms with Crippen LogP contribution in [-0.2, 0) is 11.2 Å². The molecule has 4 N–H and O–H groups in total. The summed E-state index contributed by atoms with van der Waals surface area (Å²) >= 11 is 0. The van der Waals surface area contributed by atoms with Gasteiger partial charge < -0.3 is 25.5 Å². The molecule has 0 radical (unpaired) electrons. The second kappa shape index (κ2) is 11.5. The molecule has 2 atom stereocenters. The largest absolute Gasteiger partial charge is 0.481 e. The van der Waals surface area contributed by atoms with Gasteiger partial charge in [-0.25, -0.2) is 9.07 Å². The van der Waals surface area contributed by atoms with E-state index in [1.165, 1.54) is 12.1 Å². The Morgan fingerprint density at radius 2 is 1.76 bits per heavy atom. The molecule has 0 saturated carbocycles. The first-order chi connectivity index (χ1) is 16.2. The van der Waals surface area contributed by atoms with Crippen LogP contribution in [0.3, 0.4) is 0 Å². The van der Waals surface area contributed by atoms with Gasteiger partial charge in [-0.15, -0.1) is 0 Å². The molecule has 0 unspecified atom stereocenters. The van der Waals surface area contributed by atoms with Crippen LogP contribution in [0.5, 0.6) is 0 Å². The van der Waals surface area contributed by atoms with Crippen molar-refractivity contribution < 1.29 is 29.3 Å². The Hall–Kier alpha value is -2.82. The van der Waals surface area contributed by atoms with E-state index in [1.54, 1.807) is 21.7 Å². The summed E-state index contributed by atoms with van der Waals surface area (Å²) in [5, 5.41) is 37.0. The number of piperazine rings is 1. The number of nitrogens with one attached hydrogen (secondary N) is 1. The molecule has 1 aromatic heterocycles. The van der Waals surface area contributed by atoms with Crippen molar-refractivity contribution in [1.82, 2.24) is 20.0 Å². The first kappa shape index (κ1) is 25.8. The van der Waals surface area contributed by atoms with Gasteiger partial charge in [0.15, 0.2) is 5.69 Å². The molecule has 0 aliphatic carbocycles. The summed E-state index contributed by atoms with van der Waals surface area (Å²) in [6, 6.07) is 5.82. The Labute approximate surface area is 198 Å². The van der Waals surface area contributed by atoms with Gasteiger partial charge in [-0.1, -0.05) is 13.8 Å². The van der Waals surface area contributed by atoms with Gasteiger partial charge in [-0.05, 0) is 49.4 Å². The van der Waals surface area contributed by atoms with Crippen molar-refractivity contribution in [3.05, 3.63) is 47.0 Å². The summed E-state index contributed by atoms with van der Waals surface area (Å²) < 4.78 is 15.2. The number of benzene rings is 1. The predicted molar refractivity (Wildman–Crippen MR) is 124 cm³/mol. The number of rotatable bonds is 10. The van der Waals surface area contributed by atoms with E-state index in [0.717, 1.165) is 11.3 Å². The van der Waals surface area contributed by atoms with E-state index in [-0.39, 0.29) is 30.5 Å². The van der Waals surface area contributed by atoms with Crippen LogP contribution < -0.4 is 5.32 Å². The Balaban J connectivity index is 1.94. The zero-order valence-corrected chi connectivity index (χ0v) is 19.6. The lowest BCUT2D eigenvalue weighted by atomic mass is 9.95. The molecule has 2 aromatic rings. The van der Waals surface area contributed by atoms with Crippen LogP contribution in [0.1, 0.15) is 60.8 Å². The molecule has 0 bridgehead atoms. The summed E-state index contributed by atoms with van der Waals surface area (Å²) in [7, 11) is 0. The van der Waals surface area contributed by atoms with E-state index in [9.17, 15) is 24.2 Å². The molecule has 0 spiro atoms. The summed E-state index contributed by atoms with van der Waals surface area (Å²) in [5.74, 6) is -1.72. The molecule has 1 aliphatic rings. The minimum atomic E-state index is -1.15. The maximum atomic E-state index is 13.6. The summed E-state index contributed by atoms with van der Waals surface area (Å²) in [6.45, 7) is 6.51. The van der Waals surface area contributed by atoms with Crippen molar-refractivity contribution in [3.8, 4) is 5.69 Å². The topological polar surface area (TPSA) is 128 Å². The fraction of sp³-hybridized carbons (Fsp3) is 0.542. The lowest BCUT2D eigenvalue weighted by Crippen LogP contribution is -2.46. The van der Waals surface area contributed by atoms with Crippen LogP contribution in [0.2, 0.25) is 0 Å². The number of halogens is 1. The fourth-order valence-electron chi connectivity index (χ4n) is 4.30. The second-order valence-electron chi connectivity index (χ2n) is 8.97. The van der Waals surface area contributed by atoms with E-state index in [2.05, 4.69) is 10.4 Å². The van der Waals surface area contributed by atoms with Crippen molar-refractivity contribution in [3.63, 3.8) is 0 Å². The first-order valence-corrected chi connectivity index (χ1v) is 11.6. The molecule has 186 valence electrons. The van der Waals surface area contributed by atoms with Crippen molar-refractivity contribution in [2.75, 3.05) is 26.2 Å². The van der Waals surface area contributed by atoms with Gasteiger partial charge in [0.25, 0.3) is 5.91 Å². The van der Waals surface area contributed by atoms with Crippen LogP contribution in [0, 0.1) is 5.82 Å². The summed E-state index contributed by atoms with van der Waals surface area (Å²) in [5.41, 5.74) is 2.44. The quantitative estimate of drug-likeness (QED) is 0.411. The lowest BCUT2D eigenvalue weighted by molar-refractivity contribution is -0.139. The average molecular weight is 477 g/mol. The number of carboxylic acid groups (broad SMARTS) is 1. The van der Waals surface area contributed by atoms with Crippen LogP contribution in [0.4, 0.5) is 4.39 Å². The van der Waals surface area contributed by atoms with Gasteiger partial charge in [-0.3, -0.25) is 9.59 Å². The first-order valence-electron chi connectivity index (χ1n) is 11.6. The fourth-order valence-corrected chi connectivity index (χ4v) is 4.30. The Morgan fingerprint density at radius 3 is 2.35 bits per heavy atom. The number of nitrogens with zero attached hydrogens (tertiary/aromatic N) is 3. The number of carbonyl (C=O) groups is 2. The molecule has 1 saturated heterocycles. The highest BCUT2D eigenvalue weighted by molar-refractivity contribution is 5.94.